The van der Waals surface area contributed by atoms with E-state index in [1.807, 2.05) is 12.5 Å². The maximum absolute atomic E-state index is 8.79. The average Bonchev–Trinajstić information content (AvgIpc) is 2.51. The van der Waals surface area contributed by atoms with Crippen LogP contribution in [0, 0.1) is 5.92 Å². The summed E-state index contributed by atoms with van der Waals surface area (Å²) in [5.74, 6) is 0.614. The highest BCUT2D eigenvalue weighted by molar-refractivity contribution is 4.99. The summed E-state index contributed by atoms with van der Waals surface area (Å²) in [4.78, 5) is 4.23. The lowest BCUT2D eigenvalue weighted by molar-refractivity contribution is 0.264. The SMILES string of the molecule is CC(C)Cn1cnc(CC(N)CO)c1. The van der Waals surface area contributed by atoms with E-state index < -0.39 is 0 Å². The van der Waals surface area contributed by atoms with Gasteiger partial charge in [-0.05, 0) is 5.92 Å². The number of nitrogens with two attached hydrogens (primary N) is 1. The third-order valence-electron chi connectivity index (χ3n) is 1.97. The van der Waals surface area contributed by atoms with Crippen LogP contribution in [0.15, 0.2) is 12.5 Å². The molecule has 0 bridgehead atoms. The van der Waals surface area contributed by atoms with Gasteiger partial charge in [-0.2, -0.15) is 0 Å². The molecule has 1 heterocycles. The summed E-state index contributed by atoms with van der Waals surface area (Å²) in [6, 6.07) is -0.197. The summed E-state index contributed by atoms with van der Waals surface area (Å²) in [5.41, 5.74) is 6.57. The molecule has 0 aliphatic carbocycles. The fourth-order valence-electron chi connectivity index (χ4n) is 1.37. The summed E-state index contributed by atoms with van der Waals surface area (Å²) >= 11 is 0. The van der Waals surface area contributed by atoms with Gasteiger partial charge in [0.25, 0.3) is 0 Å². The zero-order chi connectivity index (χ0) is 10.6. The highest BCUT2D eigenvalue weighted by Gasteiger charge is 2.05. The Bertz CT molecular complexity index is 270. The van der Waals surface area contributed by atoms with E-state index in [1.54, 1.807) is 0 Å². The van der Waals surface area contributed by atoms with Crippen LogP contribution in [0.3, 0.4) is 0 Å². The molecular formula is C10H19N3O. The van der Waals surface area contributed by atoms with E-state index in [2.05, 4.69) is 23.4 Å². The molecule has 1 rings (SSSR count). The van der Waals surface area contributed by atoms with Gasteiger partial charge < -0.3 is 15.4 Å². The summed E-state index contributed by atoms with van der Waals surface area (Å²) in [5, 5.41) is 8.79. The van der Waals surface area contributed by atoms with Crippen LogP contribution in [0.2, 0.25) is 0 Å². The molecule has 0 aliphatic rings. The van der Waals surface area contributed by atoms with Gasteiger partial charge in [0.15, 0.2) is 0 Å². The average molecular weight is 197 g/mol. The fraction of sp³-hybridized carbons (Fsp3) is 0.700. The lowest BCUT2D eigenvalue weighted by atomic mass is 10.2. The maximum Gasteiger partial charge on any atom is 0.0949 e. The molecule has 0 saturated heterocycles. The number of aromatic nitrogens is 2. The third-order valence-corrected chi connectivity index (χ3v) is 1.97. The van der Waals surface area contributed by atoms with Crippen molar-refractivity contribution in [2.75, 3.05) is 6.61 Å². The molecule has 0 fully saturated rings. The number of aliphatic hydroxyl groups excluding tert-OH is 1. The molecule has 1 aromatic rings. The number of imidazole rings is 1. The minimum Gasteiger partial charge on any atom is -0.395 e. The lowest BCUT2D eigenvalue weighted by Crippen LogP contribution is -2.26. The molecule has 4 nitrogen and oxygen atoms in total. The molecule has 0 spiro atoms. The van der Waals surface area contributed by atoms with Crippen molar-refractivity contribution in [1.82, 2.24) is 9.55 Å². The van der Waals surface area contributed by atoms with Crippen LogP contribution < -0.4 is 5.73 Å². The standard InChI is InChI=1S/C10H19N3O/c1-8(2)4-13-5-10(12-7-13)3-9(11)6-14/h5,7-9,14H,3-4,6,11H2,1-2H3. The van der Waals surface area contributed by atoms with E-state index in [0.717, 1.165) is 12.2 Å². The summed E-state index contributed by atoms with van der Waals surface area (Å²) in [7, 11) is 0. The van der Waals surface area contributed by atoms with Gasteiger partial charge in [0.2, 0.25) is 0 Å². The van der Waals surface area contributed by atoms with Gasteiger partial charge in [-0.1, -0.05) is 13.8 Å². The minimum absolute atomic E-state index is 0.0110. The zero-order valence-electron chi connectivity index (χ0n) is 8.85. The van der Waals surface area contributed by atoms with Crippen LogP contribution in [-0.2, 0) is 13.0 Å². The van der Waals surface area contributed by atoms with Crippen molar-refractivity contribution in [3.8, 4) is 0 Å². The Morgan fingerprint density at radius 1 is 1.57 bits per heavy atom. The topological polar surface area (TPSA) is 64.1 Å². The molecule has 4 heteroatoms. The summed E-state index contributed by atoms with van der Waals surface area (Å²) < 4.78 is 2.06. The molecule has 0 saturated carbocycles. The van der Waals surface area contributed by atoms with Gasteiger partial charge in [0.05, 0.1) is 18.6 Å². The maximum atomic E-state index is 8.79. The third kappa shape index (κ3) is 3.47. The van der Waals surface area contributed by atoms with E-state index >= 15 is 0 Å². The van der Waals surface area contributed by atoms with Crippen molar-refractivity contribution in [2.45, 2.75) is 32.9 Å². The van der Waals surface area contributed by atoms with Gasteiger partial charge in [-0.15, -0.1) is 0 Å². The molecule has 14 heavy (non-hydrogen) atoms. The molecule has 1 aromatic heterocycles. The molecular weight excluding hydrogens is 178 g/mol. The molecule has 0 amide bonds. The van der Waals surface area contributed by atoms with Crippen LogP contribution >= 0.6 is 0 Å². The highest BCUT2D eigenvalue weighted by Crippen LogP contribution is 2.03. The quantitative estimate of drug-likeness (QED) is 0.718. The Kier molecular flexibility index (Phi) is 4.10. The molecule has 0 aliphatic heterocycles. The van der Waals surface area contributed by atoms with E-state index in [1.165, 1.54) is 0 Å². The Labute approximate surface area is 84.8 Å². The zero-order valence-corrected chi connectivity index (χ0v) is 8.85. The Balaban J connectivity index is 2.50. The molecule has 80 valence electrons. The first kappa shape index (κ1) is 11.2. The van der Waals surface area contributed by atoms with Crippen LogP contribution in [0.5, 0.6) is 0 Å². The van der Waals surface area contributed by atoms with Crippen molar-refractivity contribution >= 4 is 0 Å². The number of aliphatic hydroxyl groups is 1. The van der Waals surface area contributed by atoms with Gasteiger partial charge in [-0.3, -0.25) is 0 Å². The van der Waals surface area contributed by atoms with E-state index in [-0.39, 0.29) is 12.6 Å². The largest absolute Gasteiger partial charge is 0.395 e. The number of hydrogen-bond donors (Lipinski definition) is 2. The first-order chi connectivity index (χ1) is 6.61. The monoisotopic (exact) mass is 197 g/mol. The predicted octanol–water partition coefficient (Wildman–Crippen LogP) is 0.401. The van der Waals surface area contributed by atoms with E-state index in [9.17, 15) is 0 Å². The van der Waals surface area contributed by atoms with Crippen molar-refractivity contribution in [3.63, 3.8) is 0 Å². The Hall–Kier alpha value is -0.870. The van der Waals surface area contributed by atoms with Gasteiger partial charge in [0.1, 0.15) is 0 Å². The lowest BCUT2D eigenvalue weighted by Gasteiger charge is -2.05. The van der Waals surface area contributed by atoms with E-state index in [4.69, 9.17) is 10.8 Å². The van der Waals surface area contributed by atoms with Crippen LogP contribution in [-0.4, -0.2) is 27.3 Å². The first-order valence-corrected chi connectivity index (χ1v) is 4.99. The smallest absolute Gasteiger partial charge is 0.0949 e. The second kappa shape index (κ2) is 5.12. The van der Waals surface area contributed by atoms with Crippen LogP contribution in [0.1, 0.15) is 19.5 Å². The van der Waals surface area contributed by atoms with Crippen LogP contribution in [0.4, 0.5) is 0 Å². The number of nitrogens with zero attached hydrogens (tertiary/aromatic N) is 2. The Morgan fingerprint density at radius 3 is 2.86 bits per heavy atom. The van der Waals surface area contributed by atoms with E-state index in [0.29, 0.717) is 12.3 Å². The van der Waals surface area contributed by atoms with Crippen molar-refractivity contribution in [3.05, 3.63) is 18.2 Å². The summed E-state index contributed by atoms with van der Waals surface area (Å²) in [6.45, 7) is 5.32. The first-order valence-electron chi connectivity index (χ1n) is 4.99. The van der Waals surface area contributed by atoms with Crippen molar-refractivity contribution in [1.29, 1.82) is 0 Å². The van der Waals surface area contributed by atoms with Gasteiger partial charge >= 0.3 is 0 Å². The van der Waals surface area contributed by atoms with Crippen molar-refractivity contribution < 1.29 is 5.11 Å². The van der Waals surface area contributed by atoms with Crippen molar-refractivity contribution in [2.24, 2.45) is 11.7 Å². The molecule has 1 atom stereocenters. The minimum atomic E-state index is -0.197. The molecule has 0 aromatic carbocycles. The predicted molar refractivity (Wildman–Crippen MR) is 55.8 cm³/mol. The normalized spacial score (nSPS) is 13.5. The molecule has 3 N–H and O–H groups in total. The van der Waals surface area contributed by atoms with Gasteiger partial charge in [0, 0.05) is 25.2 Å². The second-order valence-electron chi connectivity index (χ2n) is 4.10. The van der Waals surface area contributed by atoms with Gasteiger partial charge in [-0.25, -0.2) is 4.98 Å². The molecule has 1 unspecified atom stereocenters. The Morgan fingerprint density at radius 2 is 2.29 bits per heavy atom. The van der Waals surface area contributed by atoms with Crippen LogP contribution in [0.25, 0.3) is 0 Å². The highest BCUT2D eigenvalue weighted by atomic mass is 16.3. The second-order valence-corrected chi connectivity index (χ2v) is 4.10. The molecule has 0 radical (unpaired) electrons. The number of rotatable bonds is 5. The number of hydrogen-bond acceptors (Lipinski definition) is 3. The summed E-state index contributed by atoms with van der Waals surface area (Å²) in [6.07, 6.45) is 4.45. The fourth-order valence-corrected chi connectivity index (χ4v) is 1.37.